The minimum absolute atomic E-state index is 0.0908. The Kier molecular flexibility index (Phi) is 3.88. The van der Waals surface area contributed by atoms with E-state index in [-0.39, 0.29) is 5.38 Å². The van der Waals surface area contributed by atoms with Crippen LogP contribution >= 0.6 is 11.6 Å². The Labute approximate surface area is 103 Å². The van der Waals surface area contributed by atoms with Crippen molar-refractivity contribution >= 4 is 11.6 Å². The molecule has 2 heteroatoms. The summed E-state index contributed by atoms with van der Waals surface area (Å²) >= 11 is 6.56. The van der Waals surface area contributed by atoms with Crippen LogP contribution in [0.3, 0.4) is 0 Å². The highest BCUT2D eigenvalue weighted by atomic mass is 35.5. The quantitative estimate of drug-likeness (QED) is 0.721. The summed E-state index contributed by atoms with van der Waals surface area (Å²) in [5.41, 5.74) is 2.50. The highest BCUT2D eigenvalue weighted by molar-refractivity contribution is 6.21. The van der Waals surface area contributed by atoms with Crippen LogP contribution in [0.2, 0.25) is 0 Å². The fourth-order valence-electron chi connectivity index (χ4n) is 2.42. The molecule has 0 aliphatic carbocycles. The van der Waals surface area contributed by atoms with Crippen LogP contribution in [0.5, 0.6) is 0 Å². The number of aryl methyl sites for hydroxylation is 1. The Morgan fingerprint density at radius 1 is 1.38 bits per heavy atom. The van der Waals surface area contributed by atoms with Crippen molar-refractivity contribution in [3.05, 3.63) is 35.4 Å². The number of rotatable bonds is 3. The zero-order chi connectivity index (χ0) is 11.5. The van der Waals surface area contributed by atoms with Crippen molar-refractivity contribution in [3.8, 4) is 0 Å². The normalized spacial score (nSPS) is 26.9. The molecule has 0 saturated carbocycles. The molecule has 0 N–H and O–H groups in total. The molecule has 88 valence electrons. The van der Waals surface area contributed by atoms with E-state index in [4.69, 9.17) is 16.3 Å². The average Bonchev–Trinajstić information content (AvgIpc) is 2.77. The maximum absolute atomic E-state index is 6.56. The highest BCUT2D eigenvalue weighted by Gasteiger charge is 2.33. The molecule has 3 unspecified atom stereocenters. The van der Waals surface area contributed by atoms with Gasteiger partial charge < -0.3 is 4.74 Å². The summed E-state index contributed by atoms with van der Waals surface area (Å²) in [6.07, 6.45) is 2.48. The lowest BCUT2D eigenvalue weighted by atomic mass is 9.91. The van der Waals surface area contributed by atoms with Gasteiger partial charge in [0.1, 0.15) is 0 Å². The molecule has 1 aliphatic heterocycles. The van der Waals surface area contributed by atoms with Crippen molar-refractivity contribution in [1.82, 2.24) is 0 Å². The Morgan fingerprint density at radius 3 is 2.69 bits per heavy atom. The molecular formula is C14H19ClO. The molecule has 1 heterocycles. The summed E-state index contributed by atoms with van der Waals surface area (Å²) in [5, 5.41) is 0.0908. The van der Waals surface area contributed by atoms with Crippen molar-refractivity contribution in [1.29, 1.82) is 0 Å². The fourth-order valence-corrected chi connectivity index (χ4v) is 2.85. The highest BCUT2D eigenvalue weighted by Crippen LogP contribution is 2.39. The lowest BCUT2D eigenvalue weighted by Crippen LogP contribution is -2.19. The van der Waals surface area contributed by atoms with Gasteiger partial charge in [-0.15, -0.1) is 11.6 Å². The van der Waals surface area contributed by atoms with E-state index < -0.39 is 0 Å². The molecule has 1 fully saturated rings. The van der Waals surface area contributed by atoms with E-state index >= 15 is 0 Å². The van der Waals surface area contributed by atoms with E-state index in [9.17, 15) is 0 Å². The third kappa shape index (κ3) is 2.41. The Morgan fingerprint density at radius 2 is 2.06 bits per heavy atom. The minimum atomic E-state index is 0.0908. The van der Waals surface area contributed by atoms with Crippen LogP contribution < -0.4 is 0 Å². The van der Waals surface area contributed by atoms with Crippen LogP contribution in [0, 0.1) is 12.8 Å². The number of hydrogen-bond acceptors (Lipinski definition) is 1. The molecule has 1 aliphatic rings. The van der Waals surface area contributed by atoms with Gasteiger partial charge in [-0.3, -0.25) is 0 Å². The van der Waals surface area contributed by atoms with E-state index in [1.165, 1.54) is 11.1 Å². The van der Waals surface area contributed by atoms with Crippen LogP contribution in [0.25, 0.3) is 0 Å². The maximum Gasteiger partial charge on any atom is 0.0639 e. The summed E-state index contributed by atoms with van der Waals surface area (Å²) in [6, 6.07) is 8.53. The molecular weight excluding hydrogens is 220 g/mol. The topological polar surface area (TPSA) is 9.23 Å². The molecule has 0 spiro atoms. The van der Waals surface area contributed by atoms with Gasteiger partial charge >= 0.3 is 0 Å². The number of hydrogen-bond donors (Lipinski definition) is 0. The van der Waals surface area contributed by atoms with Gasteiger partial charge in [0, 0.05) is 12.5 Å². The van der Waals surface area contributed by atoms with Crippen LogP contribution in [-0.4, -0.2) is 12.7 Å². The molecule has 1 nitrogen and oxygen atoms in total. The zero-order valence-corrected chi connectivity index (χ0v) is 10.7. The van der Waals surface area contributed by atoms with Gasteiger partial charge in [-0.1, -0.05) is 36.8 Å². The molecule has 2 rings (SSSR count). The monoisotopic (exact) mass is 238 g/mol. The predicted octanol–water partition coefficient (Wildman–Crippen LogP) is 4.09. The van der Waals surface area contributed by atoms with Crippen LogP contribution in [-0.2, 0) is 4.74 Å². The smallest absolute Gasteiger partial charge is 0.0639 e. The van der Waals surface area contributed by atoms with Gasteiger partial charge in [-0.2, -0.15) is 0 Å². The van der Waals surface area contributed by atoms with Crippen LogP contribution in [0.1, 0.15) is 36.3 Å². The summed E-state index contributed by atoms with van der Waals surface area (Å²) in [5.74, 6) is 0.467. The zero-order valence-electron chi connectivity index (χ0n) is 9.95. The van der Waals surface area contributed by atoms with Gasteiger partial charge in [-0.25, -0.2) is 0 Å². The largest absolute Gasteiger partial charge is 0.378 e. The first-order chi connectivity index (χ1) is 7.72. The number of benzene rings is 1. The fraction of sp³-hybridized carbons (Fsp3) is 0.571. The summed E-state index contributed by atoms with van der Waals surface area (Å²) in [7, 11) is 0. The average molecular weight is 239 g/mol. The van der Waals surface area contributed by atoms with Gasteiger partial charge in [0.2, 0.25) is 0 Å². The predicted molar refractivity (Wildman–Crippen MR) is 67.9 cm³/mol. The van der Waals surface area contributed by atoms with Crippen molar-refractivity contribution in [2.75, 3.05) is 6.61 Å². The molecule has 1 aromatic rings. The molecule has 1 aromatic carbocycles. The molecule has 3 atom stereocenters. The van der Waals surface area contributed by atoms with E-state index in [1.54, 1.807) is 0 Å². The maximum atomic E-state index is 6.56. The standard InChI is InChI=1S/C14H19ClO/c1-3-13-12(8-9-16-13)14(15)11-6-4-10(2)5-7-11/h4-7,12-14H,3,8-9H2,1-2H3. The Hall–Kier alpha value is -0.530. The van der Waals surface area contributed by atoms with Gasteiger partial charge in [-0.05, 0) is 25.3 Å². The van der Waals surface area contributed by atoms with Crippen molar-refractivity contribution in [2.45, 2.75) is 38.2 Å². The first-order valence-corrected chi connectivity index (χ1v) is 6.48. The number of alkyl halides is 1. The van der Waals surface area contributed by atoms with Gasteiger partial charge in [0.15, 0.2) is 0 Å². The van der Waals surface area contributed by atoms with Crippen molar-refractivity contribution in [2.24, 2.45) is 5.92 Å². The van der Waals surface area contributed by atoms with Gasteiger partial charge in [0.25, 0.3) is 0 Å². The summed E-state index contributed by atoms with van der Waals surface area (Å²) in [4.78, 5) is 0. The molecule has 0 aromatic heterocycles. The molecule has 16 heavy (non-hydrogen) atoms. The van der Waals surface area contributed by atoms with Crippen LogP contribution in [0.4, 0.5) is 0 Å². The second kappa shape index (κ2) is 5.20. The van der Waals surface area contributed by atoms with E-state index in [0.29, 0.717) is 12.0 Å². The minimum Gasteiger partial charge on any atom is -0.378 e. The molecule has 0 bridgehead atoms. The number of ether oxygens (including phenoxy) is 1. The van der Waals surface area contributed by atoms with Crippen LogP contribution in [0.15, 0.2) is 24.3 Å². The third-order valence-corrected chi connectivity index (χ3v) is 4.01. The molecule has 0 amide bonds. The van der Waals surface area contributed by atoms with Crippen molar-refractivity contribution in [3.63, 3.8) is 0 Å². The Bertz CT molecular complexity index is 333. The first-order valence-electron chi connectivity index (χ1n) is 6.04. The lowest BCUT2D eigenvalue weighted by molar-refractivity contribution is 0.0864. The second-order valence-electron chi connectivity index (χ2n) is 4.58. The summed E-state index contributed by atoms with van der Waals surface area (Å²) in [6.45, 7) is 5.13. The van der Waals surface area contributed by atoms with Gasteiger partial charge in [0.05, 0.1) is 11.5 Å². The van der Waals surface area contributed by atoms with E-state index in [1.807, 2.05) is 0 Å². The SMILES string of the molecule is CCC1OCCC1C(Cl)c1ccc(C)cc1. The number of halogens is 1. The second-order valence-corrected chi connectivity index (χ2v) is 5.05. The lowest BCUT2D eigenvalue weighted by Gasteiger charge is -2.22. The van der Waals surface area contributed by atoms with Crippen molar-refractivity contribution < 1.29 is 4.74 Å². The molecule has 1 saturated heterocycles. The Balaban J connectivity index is 2.12. The van der Waals surface area contributed by atoms with E-state index in [2.05, 4.69) is 38.1 Å². The molecule has 0 radical (unpaired) electrons. The first kappa shape index (κ1) is 11.9. The third-order valence-electron chi connectivity index (χ3n) is 3.43. The summed E-state index contributed by atoms with van der Waals surface area (Å²) < 4.78 is 5.70. The van der Waals surface area contributed by atoms with E-state index in [0.717, 1.165) is 19.4 Å².